The molecule has 9 rings (SSSR count). The van der Waals surface area contributed by atoms with E-state index in [1.807, 2.05) is 12.3 Å². The van der Waals surface area contributed by atoms with Crippen molar-refractivity contribution in [3.63, 3.8) is 0 Å². The molecular formula is C56H53N4OPt-3. The van der Waals surface area contributed by atoms with Crippen molar-refractivity contribution in [2.45, 2.75) is 78.6 Å². The maximum absolute atomic E-state index is 6.70. The first-order valence-corrected chi connectivity index (χ1v) is 21.2. The summed E-state index contributed by atoms with van der Waals surface area (Å²) in [6, 6.07) is 54.8. The van der Waals surface area contributed by atoms with E-state index in [4.69, 9.17) is 9.72 Å². The number of ether oxygens (including phenoxy) is 1. The standard InChI is InChI=1S/C56H53N4O.Pt/c1-54(2,3)40-21-25-47(50(33-40)38-15-11-10-12-16-38)39-19-22-43(23-20-39)58-29-30-59(37-58)44-31-42(56(7,8)9)32-46(35-44)61-45-24-26-49-48-17-13-14-18-51(48)60(52(49)36-45)53-34-41(27-28-57-53)55(4,5)6;/h10-34,37H,1-9H3;/q-3;. The van der Waals surface area contributed by atoms with Crippen LogP contribution in [0.15, 0.2) is 152 Å². The molecule has 6 aromatic carbocycles. The maximum Gasteiger partial charge on any atom is 0.135 e. The second-order valence-electron chi connectivity index (χ2n) is 19.2. The van der Waals surface area contributed by atoms with Crippen molar-refractivity contribution in [3.8, 4) is 39.6 Å². The number of hydrogen-bond donors (Lipinski definition) is 0. The molecule has 1 aliphatic rings. The predicted octanol–water partition coefficient (Wildman–Crippen LogP) is 14.7. The van der Waals surface area contributed by atoms with Gasteiger partial charge < -0.3 is 19.1 Å². The molecule has 0 unspecified atom stereocenters. The molecule has 0 saturated carbocycles. The van der Waals surface area contributed by atoms with Gasteiger partial charge in [0.25, 0.3) is 0 Å². The molecular weight excluding hydrogens is 940 g/mol. The fraction of sp³-hybridized carbons (Fsp3) is 0.214. The molecule has 0 saturated heterocycles. The number of nitrogens with zero attached hydrogens (tertiary/aromatic N) is 4. The number of hydrogen-bond acceptors (Lipinski definition) is 4. The van der Waals surface area contributed by atoms with Gasteiger partial charge in [-0.2, -0.15) is 6.07 Å². The van der Waals surface area contributed by atoms with Crippen LogP contribution in [-0.2, 0) is 37.3 Å². The molecule has 5 nitrogen and oxygen atoms in total. The molecule has 0 amide bonds. The molecule has 316 valence electrons. The third kappa shape index (κ3) is 8.48. The van der Waals surface area contributed by atoms with Crippen LogP contribution in [-0.4, -0.2) is 9.55 Å². The van der Waals surface area contributed by atoms with Crippen molar-refractivity contribution in [1.29, 1.82) is 0 Å². The Bertz CT molecular complexity index is 2930. The Balaban J connectivity index is 0.00000529. The van der Waals surface area contributed by atoms with Crippen LogP contribution >= 0.6 is 0 Å². The van der Waals surface area contributed by atoms with Crippen molar-refractivity contribution in [3.05, 3.63) is 188 Å². The summed E-state index contributed by atoms with van der Waals surface area (Å²) in [6.07, 6.45) is 6.06. The smallest absolute Gasteiger partial charge is 0.135 e. The fourth-order valence-corrected chi connectivity index (χ4v) is 8.04. The van der Waals surface area contributed by atoms with Crippen molar-refractivity contribution in [2.24, 2.45) is 0 Å². The Morgan fingerprint density at radius 3 is 1.92 bits per heavy atom. The van der Waals surface area contributed by atoms with Crippen LogP contribution in [0.2, 0.25) is 0 Å². The minimum Gasteiger partial charge on any atom is -0.509 e. The van der Waals surface area contributed by atoms with Crippen LogP contribution in [0.4, 0.5) is 11.4 Å². The summed E-state index contributed by atoms with van der Waals surface area (Å²) >= 11 is 0. The van der Waals surface area contributed by atoms with Crippen LogP contribution in [0.25, 0.3) is 49.9 Å². The molecule has 6 heteroatoms. The summed E-state index contributed by atoms with van der Waals surface area (Å²) in [5.74, 6) is 2.10. The number of anilines is 2. The summed E-state index contributed by atoms with van der Waals surface area (Å²) in [4.78, 5) is 9.10. The summed E-state index contributed by atoms with van der Waals surface area (Å²) in [5.41, 5.74) is 12.4. The molecule has 0 aliphatic carbocycles. The van der Waals surface area contributed by atoms with Gasteiger partial charge in [0.15, 0.2) is 0 Å². The normalized spacial score (nSPS) is 13.2. The minimum absolute atomic E-state index is 0. The van der Waals surface area contributed by atoms with E-state index in [9.17, 15) is 0 Å². The van der Waals surface area contributed by atoms with Gasteiger partial charge in [-0.1, -0.05) is 147 Å². The third-order valence-electron chi connectivity index (χ3n) is 11.7. The quantitative estimate of drug-likeness (QED) is 0.149. The zero-order valence-electron chi connectivity index (χ0n) is 37.0. The molecule has 1 aliphatic heterocycles. The van der Waals surface area contributed by atoms with E-state index in [0.29, 0.717) is 11.5 Å². The van der Waals surface area contributed by atoms with Crippen LogP contribution in [0.3, 0.4) is 0 Å². The number of aromatic nitrogens is 2. The first-order chi connectivity index (χ1) is 29.1. The molecule has 0 atom stereocenters. The predicted molar refractivity (Wildman–Crippen MR) is 255 cm³/mol. The van der Waals surface area contributed by atoms with Crippen molar-refractivity contribution in [1.82, 2.24) is 9.55 Å². The van der Waals surface area contributed by atoms with Gasteiger partial charge in [-0.05, 0) is 97.7 Å². The number of benzene rings is 6. The first kappa shape index (κ1) is 42.8. The Morgan fingerprint density at radius 2 is 1.19 bits per heavy atom. The van der Waals surface area contributed by atoms with Crippen molar-refractivity contribution < 1.29 is 25.8 Å². The van der Waals surface area contributed by atoms with Crippen molar-refractivity contribution in [2.75, 3.05) is 9.80 Å². The van der Waals surface area contributed by atoms with Crippen LogP contribution in [0, 0.1) is 18.8 Å². The second kappa shape index (κ2) is 16.4. The van der Waals surface area contributed by atoms with Gasteiger partial charge >= 0.3 is 0 Å². The Kier molecular flexibility index (Phi) is 11.3. The largest absolute Gasteiger partial charge is 0.509 e. The van der Waals surface area contributed by atoms with Gasteiger partial charge in [-0.15, -0.1) is 53.6 Å². The average Bonchev–Trinajstić information content (AvgIpc) is 3.87. The Hall–Kier alpha value is -5.90. The summed E-state index contributed by atoms with van der Waals surface area (Å²) in [5, 5.41) is 2.24. The Labute approximate surface area is 382 Å². The van der Waals surface area contributed by atoms with Crippen LogP contribution < -0.4 is 14.5 Å². The number of fused-ring (bicyclic) bond motifs is 3. The maximum atomic E-state index is 6.70. The van der Waals surface area contributed by atoms with E-state index >= 15 is 0 Å². The first-order valence-electron chi connectivity index (χ1n) is 21.2. The molecule has 0 N–H and O–H groups in total. The zero-order chi connectivity index (χ0) is 42.7. The minimum atomic E-state index is -0.131. The molecule has 0 bridgehead atoms. The van der Waals surface area contributed by atoms with E-state index in [1.54, 1.807) is 0 Å². The van der Waals surface area contributed by atoms with Gasteiger partial charge in [-0.3, -0.25) is 0 Å². The summed E-state index contributed by atoms with van der Waals surface area (Å²) in [7, 11) is 0. The van der Waals surface area contributed by atoms with Gasteiger partial charge in [0, 0.05) is 50.0 Å². The summed E-state index contributed by atoms with van der Waals surface area (Å²) < 4.78 is 8.90. The van der Waals surface area contributed by atoms with Gasteiger partial charge in [0.2, 0.25) is 0 Å². The molecule has 2 aromatic heterocycles. The summed E-state index contributed by atoms with van der Waals surface area (Å²) in [6.45, 7) is 22.3. The zero-order valence-corrected chi connectivity index (χ0v) is 39.3. The number of pyridine rings is 1. The molecule has 0 fully saturated rings. The average molecular weight is 993 g/mol. The molecule has 0 spiro atoms. The Morgan fingerprint density at radius 1 is 0.532 bits per heavy atom. The number of para-hydroxylation sites is 1. The monoisotopic (exact) mass is 992 g/mol. The van der Waals surface area contributed by atoms with E-state index in [0.717, 1.165) is 44.6 Å². The van der Waals surface area contributed by atoms with Crippen molar-refractivity contribution >= 4 is 33.2 Å². The van der Waals surface area contributed by atoms with Gasteiger partial charge in [0.05, 0.1) is 0 Å². The van der Waals surface area contributed by atoms with E-state index < -0.39 is 0 Å². The van der Waals surface area contributed by atoms with E-state index in [2.05, 4.69) is 235 Å². The van der Waals surface area contributed by atoms with Gasteiger partial charge in [-0.25, -0.2) is 4.98 Å². The van der Waals surface area contributed by atoms with Gasteiger partial charge in [0.1, 0.15) is 5.82 Å². The van der Waals surface area contributed by atoms with Crippen LogP contribution in [0.5, 0.6) is 11.5 Å². The second-order valence-corrected chi connectivity index (χ2v) is 19.2. The van der Waals surface area contributed by atoms with E-state index in [-0.39, 0.29) is 37.3 Å². The molecule has 8 aromatic rings. The topological polar surface area (TPSA) is 33.5 Å². The molecule has 3 heterocycles. The third-order valence-corrected chi connectivity index (χ3v) is 11.7. The van der Waals surface area contributed by atoms with E-state index in [1.165, 1.54) is 33.4 Å². The molecule has 62 heavy (non-hydrogen) atoms. The SMILES string of the molecule is CC(C)(C)c1cc(Oc2[c-]c3c(cc2)c2ccccc2n3-c2cc(C(C)(C)C)ccn2)[c-]c(N2C=CN(c3ccc(-c4ccc(C(C)(C)C)cc4-c4ccccc4)cc3)[CH-]2)c1.[Pt]. The molecule has 0 radical (unpaired) electrons. The fourth-order valence-electron chi connectivity index (χ4n) is 8.04. The number of rotatable bonds is 7. The van der Waals surface area contributed by atoms with Crippen LogP contribution in [0.1, 0.15) is 79.0 Å².